The number of nitrogens with zero attached hydrogens (tertiary/aromatic N) is 2. The van der Waals surface area contributed by atoms with Gasteiger partial charge in [0, 0.05) is 23.6 Å². The van der Waals surface area contributed by atoms with Gasteiger partial charge in [-0.2, -0.15) is 16.9 Å². The van der Waals surface area contributed by atoms with Crippen molar-refractivity contribution in [3.05, 3.63) is 40.6 Å². The Hall–Kier alpha value is -2.28. The normalized spacial score (nSPS) is 12.8. The van der Waals surface area contributed by atoms with Crippen LogP contribution in [-0.2, 0) is 21.1 Å². The molecule has 1 aromatic carbocycles. The molecule has 0 fully saturated rings. The number of nitrogens with one attached hydrogen (secondary N) is 2. The molecule has 6 nitrogen and oxygen atoms in total. The standard InChI is InChI=1S/C18H22N4O2S/c1-4-7-19-17(23)18(24)20-16-13-9-25-10-14(13)21-22(16)15-6-5-11(2)8-12(15)3/h5-6,8H,4,7,9-10H2,1-3H3,(H,19,23)(H,20,24). The quantitative estimate of drug-likeness (QED) is 0.824. The number of hydrogen-bond acceptors (Lipinski definition) is 4. The van der Waals surface area contributed by atoms with Gasteiger partial charge in [0.05, 0.1) is 11.4 Å². The van der Waals surface area contributed by atoms with Crippen molar-refractivity contribution < 1.29 is 9.59 Å². The van der Waals surface area contributed by atoms with Crippen molar-refractivity contribution in [3.63, 3.8) is 0 Å². The lowest BCUT2D eigenvalue weighted by molar-refractivity contribution is -0.136. The first kappa shape index (κ1) is 17.5. The Morgan fingerprint density at radius 1 is 1.24 bits per heavy atom. The summed E-state index contributed by atoms with van der Waals surface area (Å²) >= 11 is 1.76. The molecule has 1 aromatic heterocycles. The summed E-state index contributed by atoms with van der Waals surface area (Å²) in [4.78, 5) is 24.2. The van der Waals surface area contributed by atoms with Crippen LogP contribution in [0.25, 0.3) is 5.69 Å². The van der Waals surface area contributed by atoms with Crippen molar-refractivity contribution in [2.75, 3.05) is 11.9 Å². The van der Waals surface area contributed by atoms with Crippen molar-refractivity contribution in [1.82, 2.24) is 15.1 Å². The Bertz CT molecular complexity index is 829. The highest BCUT2D eigenvalue weighted by atomic mass is 32.2. The van der Waals surface area contributed by atoms with Gasteiger partial charge in [0.25, 0.3) is 0 Å². The van der Waals surface area contributed by atoms with Crippen molar-refractivity contribution in [2.24, 2.45) is 0 Å². The van der Waals surface area contributed by atoms with Crippen LogP contribution in [0.15, 0.2) is 18.2 Å². The Labute approximate surface area is 151 Å². The third-order valence-electron chi connectivity index (χ3n) is 4.11. The van der Waals surface area contributed by atoms with Crippen LogP contribution in [0.1, 0.15) is 35.7 Å². The van der Waals surface area contributed by atoms with Crippen LogP contribution < -0.4 is 10.6 Å². The molecule has 2 N–H and O–H groups in total. The second-order valence-electron chi connectivity index (χ2n) is 6.18. The van der Waals surface area contributed by atoms with E-state index in [9.17, 15) is 9.59 Å². The predicted molar refractivity (Wildman–Crippen MR) is 100.0 cm³/mol. The second kappa shape index (κ2) is 7.31. The number of hydrogen-bond donors (Lipinski definition) is 2. The third-order valence-corrected chi connectivity index (χ3v) is 5.08. The molecule has 0 aliphatic carbocycles. The number of rotatable bonds is 4. The second-order valence-corrected chi connectivity index (χ2v) is 7.16. The van der Waals surface area contributed by atoms with Gasteiger partial charge in [-0.25, -0.2) is 4.68 Å². The monoisotopic (exact) mass is 358 g/mol. The van der Waals surface area contributed by atoms with Crippen LogP contribution in [0, 0.1) is 13.8 Å². The maximum atomic E-state index is 12.3. The van der Waals surface area contributed by atoms with Crippen LogP contribution in [0.3, 0.4) is 0 Å². The number of aromatic nitrogens is 2. The number of benzene rings is 1. The molecule has 3 rings (SSSR count). The van der Waals surface area contributed by atoms with Crippen LogP contribution in [0.4, 0.5) is 5.82 Å². The molecule has 0 saturated heterocycles. The number of anilines is 1. The van der Waals surface area contributed by atoms with Gasteiger partial charge < -0.3 is 10.6 Å². The van der Waals surface area contributed by atoms with Gasteiger partial charge in [0.15, 0.2) is 0 Å². The highest BCUT2D eigenvalue weighted by Crippen LogP contribution is 2.36. The summed E-state index contributed by atoms with van der Waals surface area (Å²) in [6, 6.07) is 6.09. The highest BCUT2D eigenvalue weighted by molar-refractivity contribution is 7.98. The van der Waals surface area contributed by atoms with Crippen LogP contribution in [0.2, 0.25) is 0 Å². The third kappa shape index (κ3) is 3.56. The number of amides is 2. The molecule has 2 aromatic rings. The number of carbonyl (C=O) groups excluding carboxylic acids is 2. The first-order valence-corrected chi connectivity index (χ1v) is 9.52. The van der Waals surface area contributed by atoms with Gasteiger partial charge in [-0.15, -0.1) is 0 Å². The minimum Gasteiger partial charge on any atom is -0.348 e. The summed E-state index contributed by atoms with van der Waals surface area (Å²) in [7, 11) is 0. The largest absolute Gasteiger partial charge is 0.348 e. The Balaban J connectivity index is 1.95. The lowest BCUT2D eigenvalue weighted by Gasteiger charge is -2.13. The minimum atomic E-state index is -0.654. The van der Waals surface area contributed by atoms with Crippen LogP contribution in [-0.4, -0.2) is 28.1 Å². The molecule has 132 valence electrons. The van der Waals surface area contributed by atoms with Gasteiger partial charge in [-0.05, 0) is 31.9 Å². The molecule has 7 heteroatoms. The average molecular weight is 358 g/mol. The molecule has 0 unspecified atom stereocenters. The predicted octanol–water partition coefficient (Wildman–Crippen LogP) is 2.70. The minimum absolute atomic E-state index is 0.483. The zero-order chi connectivity index (χ0) is 18.0. The summed E-state index contributed by atoms with van der Waals surface area (Å²) < 4.78 is 1.75. The van der Waals surface area contributed by atoms with Gasteiger partial charge in [-0.1, -0.05) is 24.6 Å². The van der Waals surface area contributed by atoms with Gasteiger partial charge >= 0.3 is 11.8 Å². The van der Waals surface area contributed by atoms with Crippen LogP contribution >= 0.6 is 11.8 Å². The summed E-state index contributed by atoms with van der Waals surface area (Å²) in [6.45, 7) is 6.48. The molecule has 0 spiro atoms. The fourth-order valence-corrected chi connectivity index (χ4v) is 3.88. The molecular formula is C18H22N4O2S. The summed E-state index contributed by atoms with van der Waals surface area (Å²) in [5, 5.41) is 10.1. The molecular weight excluding hydrogens is 336 g/mol. The molecule has 2 amide bonds. The molecule has 1 aliphatic rings. The number of carbonyl (C=O) groups is 2. The highest BCUT2D eigenvalue weighted by Gasteiger charge is 2.26. The molecule has 0 saturated carbocycles. The van der Waals surface area contributed by atoms with Gasteiger partial charge in [0.1, 0.15) is 5.82 Å². The summed E-state index contributed by atoms with van der Waals surface area (Å²) in [6.07, 6.45) is 0.783. The smallest absolute Gasteiger partial charge is 0.314 e. The van der Waals surface area contributed by atoms with E-state index in [0.29, 0.717) is 12.4 Å². The number of fused-ring (bicyclic) bond motifs is 1. The van der Waals surface area contributed by atoms with Crippen molar-refractivity contribution >= 4 is 29.4 Å². The topological polar surface area (TPSA) is 76.0 Å². The van der Waals surface area contributed by atoms with Crippen molar-refractivity contribution in [3.8, 4) is 5.69 Å². The molecule has 25 heavy (non-hydrogen) atoms. The first-order valence-electron chi connectivity index (χ1n) is 8.36. The number of aryl methyl sites for hydroxylation is 2. The van der Waals surface area contributed by atoms with E-state index in [1.54, 1.807) is 16.4 Å². The van der Waals surface area contributed by atoms with E-state index >= 15 is 0 Å². The molecule has 0 bridgehead atoms. The maximum Gasteiger partial charge on any atom is 0.314 e. The average Bonchev–Trinajstić information content (AvgIpc) is 3.15. The van der Waals surface area contributed by atoms with Crippen molar-refractivity contribution in [2.45, 2.75) is 38.7 Å². The van der Waals surface area contributed by atoms with Gasteiger partial charge in [0.2, 0.25) is 0 Å². The van der Waals surface area contributed by atoms with Crippen LogP contribution in [0.5, 0.6) is 0 Å². The lowest BCUT2D eigenvalue weighted by atomic mass is 10.1. The maximum absolute atomic E-state index is 12.3. The first-order chi connectivity index (χ1) is 12.0. The summed E-state index contributed by atoms with van der Waals surface area (Å²) in [5.41, 5.74) is 5.12. The van der Waals surface area contributed by atoms with Crippen molar-refractivity contribution in [1.29, 1.82) is 0 Å². The Morgan fingerprint density at radius 2 is 2.04 bits per heavy atom. The van der Waals surface area contributed by atoms with E-state index in [4.69, 9.17) is 0 Å². The molecule has 1 aliphatic heterocycles. The number of thioether (sulfide) groups is 1. The fourth-order valence-electron chi connectivity index (χ4n) is 2.84. The van der Waals surface area contributed by atoms with E-state index in [1.807, 2.05) is 32.9 Å². The molecule has 0 radical (unpaired) electrons. The van der Waals surface area contributed by atoms with E-state index in [1.165, 1.54) is 5.56 Å². The van der Waals surface area contributed by atoms with E-state index < -0.39 is 11.8 Å². The fraction of sp³-hybridized carbons (Fsp3) is 0.389. The lowest BCUT2D eigenvalue weighted by Crippen LogP contribution is -2.36. The zero-order valence-corrected chi connectivity index (χ0v) is 15.5. The Kier molecular flexibility index (Phi) is 5.13. The zero-order valence-electron chi connectivity index (χ0n) is 14.7. The van der Waals surface area contributed by atoms with E-state index in [0.717, 1.165) is 40.4 Å². The van der Waals surface area contributed by atoms with E-state index in [2.05, 4.69) is 21.8 Å². The molecule has 2 heterocycles. The van der Waals surface area contributed by atoms with Gasteiger partial charge in [-0.3, -0.25) is 9.59 Å². The Morgan fingerprint density at radius 3 is 2.76 bits per heavy atom. The van der Waals surface area contributed by atoms with E-state index in [-0.39, 0.29) is 0 Å². The SMILES string of the molecule is CCCNC(=O)C(=O)Nc1c2c(nn1-c1ccc(C)cc1C)CSC2. The summed E-state index contributed by atoms with van der Waals surface area (Å²) in [5.74, 6) is 0.933. The molecule has 0 atom stereocenters.